The highest BCUT2D eigenvalue weighted by molar-refractivity contribution is 5.76. The fourth-order valence-electron chi connectivity index (χ4n) is 3.79. The Morgan fingerprint density at radius 2 is 1.30 bits per heavy atom. The zero-order chi connectivity index (χ0) is 23.3. The monoisotopic (exact) mass is 447 g/mol. The van der Waals surface area contributed by atoms with Crippen LogP contribution in [0.4, 0.5) is 0 Å². The van der Waals surface area contributed by atoms with E-state index in [9.17, 15) is 9.90 Å². The van der Waals surface area contributed by atoms with Gasteiger partial charge in [-0.15, -0.1) is 0 Å². The van der Waals surface area contributed by atoms with Crippen LogP contribution in [0.25, 0.3) is 0 Å². The largest absolute Gasteiger partial charge is 0.465 e. The van der Waals surface area contributed by atoms with Crippen molar-refractivity contribution in [2.24, 2.45) is 0 Å². The van der Waals surface area contributed by atoms with E-state index in [1.165, 1.54) is 0 Å². The molecule has 0 fully saturated rings. The number of carbonyl (C=O) groups excluding carboxylic acids is 1. The number of nitrogens with zero attached hydrogens (tertiary/aromatic N) is 1. The number of aliphatic hydroxyl groups is 1. The minimum absolute atomic E-state index is 0.261. The van der Waals surface area contributed by atoms with Gasteiger partial charge >= 0.3 is 5.97 Å². The summed E-state index contributed by atoms with van der Waals surface area (Å²) in [5.41, 5.74) is 3.20. The highest BCUT2D eigenvalue weighted by atomic mass is 16.5. The van der Waals surface area contributed by atoms with Gasteiger partial charge < -0.3 is 14.6 Å². The predicted molar refractivity (Wildman–Crippen MR) is 129 cm³/mol. The number of hydrogen-bond acceptors (Lipinski definition) is 5. The number of hydrogen-bond donors (Lipinski definition) is 1. The van der Waals surface area contributed by atoms with Crippen molar-refractivity contribution in [3.8, 4) is 0 Å². The lowest BCUT2D eigenvalue weighted by Gasteiger charge is -2.33. The van der Waals surface area contributed by atoms with Crippen molar-refractivity contribution in [3.63, 3.8) is 0 Å². The lowest BCUT2D eigenvalue weighted by molar-refractivity contribution is -0.155. The van der Waals surface area contributed by atoms with Gasteiger partial charge in [0.2, 0.25) is 0 Å². The number of ether oxygens (including phenoxy) is 2. The topological polar surface area (TPSA) is 59.0 Å². The first-order chi connectivity index (χ1) is 16.2. The second kappa shape index (κ2) is 13.5. The highest BCUT2D eigenvalue weighted by Crippen LogP contribution is 2.19. The van der Waals surface area contributed by atoms with E-state index in [-0.39, 0.29) is 6.61 Å². The fourth-order valence-corrected chi connectivity index (χ4v) is 3.79. The molecule has 0 saturated heterocycles. The van der Waals surface area contributed by atoms with Crippen LogP contribution in [0.2, 0.25) is 0 Å². The molecule has 0 aromatic heterocycles. The second-order valence-corrected chi connectivity index (χ2v) is 7.97. The van der Waals surface area contributed by atoms with Crippen LogP contribution in [0.5, 0.6) is 0 Å². The maximum atomic E-state index is 13.0. The van der Waals surface area contributed by atoms with Crippen molar-refractivity contribution in [3.05, 3.63) is 108 Å². The number of aliphatic hydroxyl groups excluding tert-OH is 1. The summed E-state index contributed by atoms with van der Waals surface area (Å²) in [6.45, 7) is 3.88. The van der Waals surface area contributed by atoms with Crippen LogP contribution in [0.3, 0.4) is 0 Å². The van der Waals surface area contributed by atoms with Crippen molar-refractivity contribution in [1.29, 1.82) is 0 Å². The molecule has 0 aliphatic heterocycles. The molecule has 0 saturated carbocycles. The zero-order valence-corrected chi connectivity index (χ0v) is 19.2. The number of benzene rings is 3. The molecule has 1 N–H and O–H groups in total. The van der Waals surface area contributed by atoms with E-state index in [0.717, 1.165) is 16.7 Å². The van der Waals surface area contributed by atoms with Gasteiger partial charge in [-0.3, -0.25) is 9.69 Å². The number of rotatable bonds is 13. The van der Waals surface area contributed by atoms with Crippen LogP contribution in [-0.2, 0) is 34.0 Å². The molecule has 3 aromatic carbocycles. The van der Waals surface area contributed by atoms with E-state index in [0.29, 0.717) is 32.7 Å². The average molecular weight is 448 g/mol. The van der Waals surface area contributed by atoms with Gasteiger partial charge in [0.1, 0.15) is 6.04 Å². The van der Waals surface area contributed by atoms with Crippen molar-refractivity contribution in [2.75, 3.05) is 13.2 Å². The summed E-state index contributed by atoms with van der Waals surface area (Å²) in [6, 6.07) is 29.0. The molecule has 3 aromatic rings. The molecular weight excluding hydrogens is 414 g/mol. The van der Waals surface area contributed by atoms with Gasteiger partial charge in [-0.25, -0.2) is 0 Å². The Labute approximate surface area is 196 Å². The van der Waals surface area contributed by atoms with Crippen LogP contribution in [0.1, 0.15) is 30.0 Å². The van der Waals surface area contributed by atoms with Gasteiger partial charge in [-0.05, 0) is 30.0 Å². The molecule has 0 heterocycles. The van der Waals surface area contributed by atoms with E-state index in [1.807, 2.05) is 95.9 Å². The molecule has 5 nitrogen and oxygen atoms in total. The van der Waals surface area contributed by atoms with Gasteiger partial charge in [-0.2, -0.15) is 0 Å². The molecular formula is C28H33NO4. The van der Waals surface area contributed by atoms with E-state index in [4.69, 9.17) is 9.47 Å². The first-order valence-electron chi connectivity index (χ1n) is 11.5. The highest BCUT2D eigenvalue weighted by Gasteiger charge is 2.34. The molecule has 0 spiro atoms. The standard InChI is InChI=1S/C28H33NO4/c1-2-33-28(31)27(26(30)18-19-32-22-25-16-10-5-11-17-25)29(20-23-12-6-3-7-13-23)21-24-14-8-4-9-15-24/h3-17,26-27,30H,2,18-22H2,1H3. The molecule has 3 rings (SSSR count). The maximum Gasteiger partial charge on any atom is 0.326 e. The SMILES string of the molecule is CCOC(=O)C(C(O)CCOCc1ccccc1)N(Cc1ccccc1)Cc1ccccc1. The minimum Gasteiger partial charge on any atom is -0.465 e. The van der Waals surface area contributed by atoms with Gasteiger partial charge in [-0.1, -0.05) is 91.0 Å². The number of esters is 1. The van der Waals surface area contributed by atoms with Gasteiger partial charge in [0.05, 0.1) is 19.3 Å². The lowest BCUT2D eigenvalue weighted by Crippen LogP contribution is -2.49. The average Bonchev–Trinajstić information content (AvgIpc) is 2.84. The Hall–Kier alpha value is -2.99. The van der Waals surface area contributed by atoms with E-state index in [2.05, 4.69) is 0 Å². The summed E-state index contributed by atoms with van der Waals surface area (Å²) in [6.07, 6.45) is -0.594. The van der Waals surface area contributed by atoms with Gasteiger partial charge in [0.25, 0.3) is 0 Å². The maximum absolute atomic E-state index is 13.0. The van der Waals surface area contributed by atoms with Crippen molar-refractivity contribution < 1.29 is 19.4 Å². The first-order valence-corrected chi connectivity index (χ1v) is 11.5. The molecule has 0 radical (unpaired) electrons. The fraction of sp³-hybridized carbons (Fsp3) is 0.321. The van der Waals surface area contributed by atoms with Crippen LogP contribution < -0.4 is 0 Å². The first kappa shape index (κ1) is 24.6. The smallest absolute Gasteiger partial charge is 0.326 e. The number of carbonyl (C=O) groups is 1. The third kappa shape index (κ3) is 8.13. The Bertz CT molecular complexity index is 892. The molecule has 33 heavy (non-hydrogen) atoms. The van der Waals surface area contributed by atoms with Gasteiger partial charge in [0, 0.05) is 19.7 Å². The van der Waals surface area contributed by atoms with E-state index in [1.54, 1.807) is 6.92 Å². The van der Waals surface area contributed by atoms with Crippen LogP contribution in [-0.4, -0.2) is 41.3 Å². The molecule has 0 aliphatic carbocycles. The Morgan fingerprint density at radius 3 is 1.79 bits per heavy atom. The summed E-state index contributed by atoms with van der Waals surface area (Å²) in [5, 5.41) is 11.1. The quantitative estimate of drug-likeness (QED) is 0.307. The van der Waals surface area contributed by atoms with Crippen molar-refractivity contribution in [1.82, 2.24) is 4.90 Å². The summed E-state index contributed by atoms with van der Waals surface area (Å²) in [5.74, 6) is -0.417. The minimum atomic E-state index is -0.924. The summed E-state index contributed by atoms with van der Waals surface area (Å²) >= 11 is 0. The summed E-state index contributed by atoms with van der Waals surface area (Å²) in [7, 11) is 0. The summed E-state index contributed by atoms with van der Waals surface area (Å²) in [4.78, 5) is 15.0. The molecule has 0 amide bonds. The third-order valence-electron chi connectivity index (χ3n) is 5.41. The lowest BCUT2D eigenvalue weighted by atomic mass is 10.0. The Balaban J connectivity index is 1.73. The van der Waals surface area contributed by atoms with E-state index >= 15 is 0 Å². The molecule has 174 valence electrons. The van der Waals surface area contributed by atoms with Crippen molar-refractivity contribution >= 4 is 5.97 Å². The molecule has 0 bridgehead atoms. The van der Waals surface area contributed by atoms with Crippen molar-refractivity contribution in [2.45, 2.75) is 45.2 Å². The molecule has 2 unspecified atom stereocenters. The van der Waals surface area contributed by atoms with Crippen LogP contribution >= 0.6 is 0 Å². The Kier molecular flexibility index (Phi) is 10.1. The third-order valence-corrected chi connectivity index (χ3v) is 5.41. The van der Waals surface area contributed by atoms with Crippen LogP contribution in [0, 0.1) is 0 Å². The summed E-state index contributed by atoms with van der Waals surface area (Å²) < 4.78 is 11.1. The molecule has 0 aliphatic rings. The van der Waals surface area contributed by atoms with E-state index < -0.39 is 18.1 Å². The normalized spacial score (nSPS) is 12.9. The Morgan fingerprint density at radius 1 is 0.818 bits per heavy atom. The van der Waals surface area contributed by atoms with Gasteiger partial charge in [0.15, 0.2) is 0 Å². The predicted octanol–water partition coefficient (Wildman–Crippen LogP) is 4.59. The van der Waals surface area contributed by atoms with Crippen LogP contribution in [0.15, 0.2) is 91.0 Å². The second-order valence-electron chi connectivity index (χ2n) is 7.97. The molecule has 5 heteroatoms. The zero-order valence-electron chi connectivity index (χ0n) is 19.2. The molecule has 2 atom stereocenters.